The Bertz CT molecular complexity index is 431. The van der Waals surface area contributed by atoms with Crippen molar-refractivity contribution in [3.63, 3.8) is 0 Å². The highest BCUT2D eigenvalue weighted by Crippen LogP contribution is 2.26. The van der Waals surface area contributed by atoms with E-state index in [0.29, 0.717) is 11.8 Å². The number of hydrogen-bond acceptors (Lipinski definition) is 3. The van der Waals surface area contributed by atoms with E-state index in [4.69, 9.17) is 0 Å². The fourth-order valence-electron chi connectivity index (χ4n) is 3.23. The summed E-state index contributed by atoms with van der Waals surface area (Å²) < 4.78 is 0. The molecule has 2 aliphatic heterocycles. The molecule has 96 valence electrons. The van der Waals surface area contributed by atoms with Crippen LogP contribution in [0.5, 0.6) is 0 Å². The number of carbonyl (C=O) groups excluding carboxylic acids is 1. The van der Waals surface area contributed by atoms with Crippen LogP contribution >= 0.6 is 0 Å². The number of rotatable bonds is 3. The molecule has 0 aromatic heterocycles. The molecule has 0 saturated carbocycles. The Morgan fingerprint density at radius 1 is 1.28 bits per heavy atom. The molecular weight excluding hydrogens is 224 g/mol. The molecule has 2 heterocycles. The van der Waals surface area contributed by atoms with Gasteiger partial charge in [0.1, 0.15) is 5.78 Å². The molecule has 1 aromatic carbocycles. The summed E-state index contributed by atoms with van der Waals surface area (Å²) in [6, 6.07) is 11.3. The van der Waals surface area contributed by atoms with E-state index in [1.165, 1.54) is 12.0 Å². The summed E-state index contributed by atoms with van der Waals surface area (Å²) in [5.74, 6) is 0.313. The number of nitrogens with zero attached hydrogens (tertiary/aromatic N) is 2. The van der Waals surface area contributed by atoms with Crippen molar-refractivity contribution in [3.05, 3.63) is 35.9 Å². The lowest BCUT2D eigenvalue weighted by Crippen LogP contribution is -2.54. The number of fused-ring (bicyclic) bond motifs is 2. The minimum absolute atomic E-state index is 0.118. The minimum Gasteiger partial charge on any atom is -0.298 e. The van der Waals surface area contributed by atoms with Gasteiger partial charge in [-0.2, -0.15) is 0 Å². The molecule has 3 unspecified atom stereocenters. The standard InChI is InChI=1S/C15H20N2O/c1-12(18)15-11-17(14-7-8-16(15)10-14)9-13-5-3-2-4-6-13/h2-6,14-15H,7-11H2,1H3. The summed E-state index contributed by atoms with van der Waals surface area (Å²) in [4.78, 5) is 16.6. The second kappa shape index (κ2) is 4.82. The van der Waals surface area contributed by atoms with Crippen molar-refractivity contribution < 1.29 is 4.79 Å². The van der Waals surface area contributed by atoms with E-state index in [9.17, 15) is 4.79 Å². The Morgan fingerprint density at radius 2 is 2.06 bits per heavy atom. The van der Waals surface area contributed by atoms with Crippen LogP contribution in [-0.2, 0) is 11.3 Å². The third-order valence-corrected chi connectivity index (χ3v) is 4.26. The first-order valence-corrected chi connectivity index (χ1v) is 6.76. The third kappa shape index (κ3) is 2.20. The first-order chi connectivity index (χ1) is 8.74. The summed E-state index contributed by atoms with van der Waals surface area (Å²) >= 11 is 0. The van der Waals surface area contributed by atoms with E-state index in [-0.39, 0.29) is 6.04 Å². The van der Waals surface area contributed by atoms with Crippen LogP contribution < -0.4 is 0 Å². The molecule has 0 spiro atoms. The molecule has 2 aliphatic rings. The predicted molar refractivity (Wildman–Crippen MR) is 71.3 cm³/mol. The van der Waals surface area contributed by atoms with E-state index < -0.39 is 0 Å². The van der Waals surface area contributed by atoms with Gasteiger partial charge in [-0.25, -0.2) is 0 Å². The number of piperazine rings is 1. The topological polar surface area (TPSA) is 23.6 Å². The van der Waals surface area contributed by atoms with Gasteiger partial charge in [0.15, 0.2) is 0 Å². The van der Waals surface area contributed by atoms with Crippen LogP contribution in [-0.4, -0.2) is 47.3 Å². The van der Waals surface area contributed by atoms with E-state index >= 15 is 0 Å². The zero-order valence-corrected chi connectivity index (χ0v) is 10.9. The Kier molecular flexibility index (Phi) is 3.18. The molecule has 0 amide bonds. The zero-order chi connectivity index (χ0) is 12.5. The number of carbonyl (C=O) groups is 1. The van der Waals surface area contributed by atoms with Gasteiger partial charge in [-0.1, -0.05) is 30.3 Å². The molecule has 0 aliphatic carbocycles. The molecule has 3 heteroatoms. The molecule has 18 heavy (non-hydrogen) atoms. The van der Waals surface area contributed by atoms with Crippen LogP contribution in [0, 0.1) is 0 Å². The number of benzene rings is 1. The average Bonchev–Trinajstić information content (AvgIpc) is 2.78. The van der Waals surface area contributed by atoms with Crippen LogP contribution in [0.15, 0.2) is 30.3 Å². The molecule has 2 bridgehead atoms. The van der Waals surface area contributed by atoms with Crippen LogP contribution in [0.1, 0.15) is 18.9 Å². The van der Waals surface area contributed by atoms with Gasteiger partial charge in [0.2, 0.25) is 0 Å². The van der Waals surface area contributed by atoms with Crippen LogP contribution in [0.2, 0.25) is 0 Å². The summed E-state index contributed by atoms with van der Waals surface area (Å²) in [7, 11) is 0. The second-order valence-corrected chi connectivity index (χ2v) is 5.48. The molecule has 2 saturated heterocycles. The highest BCUT2D eigenvalue weighted by molar-refractivity contribution is 5.82. The molecule has 3 nitrogen and oxygen atoms in total. The molecule has 3 atom stereocenters. The maximum Gasteiger partial charge on any atom is 0.148 e. The maximum atomic E-state index is 11.7. The van der Waals surface area contributed by atoms with Crippen molar-refractivity contribution in [1.29, 1.82) is 0 Å². The lowest BCUT2D eigenvalue weighted by molar-refractivity contribution is -0.123. The Hall–Kier alpha value is -1.19. The number of Topliss-reactive ketones (excluding diaryl/α,β-unsaturated/α-hetero) is 1. The SMILES string of the molecule is CC(=O)C1CN(Cc2ccccc2)C2CCN1C2. The highest BCUT2D eigenvalue weighted by Gasteiger charge is 2.40. The number of ketones is 1. The molecule has 3 rings (SSSR count). The second-order valence-electron chi connectivity index (χ2n) is 5.48. The lowest BCUT2D eigenvalue weighted by atomic mass is 10.1. The van der Waals surface area contributed by atoms with Crippen LogP contribution in [0.3, 0.4) is 0 Å². The minimum atomic E-state index is 0.118. The van der Waals surface area contributed by atoms with Crippen LogP contribution in [0.4, 0.5) is 0 Å². The van der Waals surface area contributed by atoms with Crippen LogP contribution in [0.25, 0.3) is 0 Å². The predicted octanol–water partition coefficient (Wildman–Crippen LogP) is 1.53. The Labute approximate surface area is 108 Å². The fourth-order valence-corrected chi connectivity index (χ4v) is 3.23. The Balaban J connectivity index is 1.74. The van der Waals surface area contributed by atoms with Crippen molar-refractivity contribution in [2.75, 3.05) is 19.6 Å². The third-order valence-electron chi connectivity index (χ3n) is 4.26. The van der Waals surface area contributed by atoms with Crippen molar-refractivity contribution in [2.24, 2.45) is 0 Å². The van der Waals surface area contributed by atoms with E-state index in [0.717, 1.165) is 26.2 Å². The molecule has 0 radical (unpaired) electrons. The fraction of sp³-hybridized carbons (Fsp3) is 0.533. The first kappa shape index (κ1) is 11.9. The van der Waals surface area contributed by atoms with Crippen molar-refractivity contribution in [2.45, 2.75) is 32.0 Å². The van der Waals surface area contributed by atoms with E-state index in [1.807, 2.05) is 0 Å². The quantitative estimate of drug-likeness (QED) is 0.805. The van der Waals surface area contributed by atoms with Gasteiger partial charge in [0, 0.05) is 32.2 Å². The van der Waals surface area contributed by atoms with Gasteiger partial charge in [-0.15, -0.1) is 0 Å². The smallest absolute Gasteiger partial charge is 0.148 e. The van der Waals surface area contributed by atoms with Gasteiger partial charge in [0.25, 0.3) is 0 Å². The summed E-state index contributed by atoms with van der Waals surface area (Å²) in [6.07, 6.45) is 1.20. The van der Waals surface area contributed by atoms with Gasteiger partial charge >= 0.3 is 0 Å². The monoisotopic (exact) mass is 244 g/mol. The van der Waals surface area contributed by atoms with Gasteiger partial charge in [-0.3, -0.25) is 14.6 Å². The summed E-state index contributed by atoms with van der Waals surface area (Å²) in [6.45, 7) is 5.75. The molecule has 2 fully saturated rings. The lowest BCUT2D eigenvalue weighted by Gasteiger charge is -2.39. The van der Waals surface area contributed by atoms with E-state index in [2.05, 4.69) is 40.1 Å². The average molecular weight is 244 g/mol. The van der Waals surface area contributed by atoms with Crippen molar-refractivity contribution >= 4 is 5.78 Å². The molecule has 0 N–H and O–H groups in total. The normalized spacial score (nSPS) is 31.5. The largest absolute Gasteiger partial charge is 0.298 e. The van der Waals surface area contributed by atoms with Gasteiger partial charge in [0.05, 0.1) is 6.04 Å². The highest BCUT2D eigenvalue weighted by atomic mass is 16.1. The first-order valence-electron chi connectivity index (χ1n) is 6.76. The summed E-state index contributed by atoms with van der Waals surface area (Å²) in [5.41, 5.74) is 1.35. The number of hydrogen-bond donors (Lipinski definition) is 0. The summed E-state index contributed by atoms with van der Waals surface area (Å²) in [5, 5.41) is 0. The van der Waals surface area contributed by atoms with Gasteiger partial charge < -0.3 is 0 Å². The van der Waals surface area contributed by atoms with Gasteiger partial charge in [-0.05, 0) is 18.9 Å². The maximum absolute atomic E-state index is 11.7. The Morgan fingerprint density at radius 3 is 2.78 bits per heavy atom. The zero-order valence-electron chi connectivity index (χ0n) is 10.9. The molecular formula is C15H20N2O. The van der Waals surface area contributed by atoms with Crippen molar-refractivity contribution in [1.82, 2.24) is 9.80 Å². The molecule has 1 aromatic rings. The van der Waals surface area contributed by atoms with Crippen molar-refractivity contribution in [3.8, 4) is 0 Å². The van der Waals surface area contributed by atoms with E-state index in [1.54, 1.807) is 6.92 Å².